The van der Waals surface area contributed by atoms with Crippen molar-refractivity contribution in [3.05, 3.63) is 35.9 Å². The molecule has 1 aromatic carbocycles. The van der Waals surface area contributed by atoms with Crippen molar-refractivity contribution in [2.45, 2.75) is 71.4 Å². The van der Waals surface area contributed by atoms with Crippen LogP contribution in [-0.2, 0) is 25.3 Å². The van der Waals surface area contributed by atoms with Crippen LogP contribution in [0.3, 0.4) is 0 Å². The van der Waals surface area contributed by atoms with Crippen LogP contribution in [0.5, 0.6) is 0 Å². The molecule has 0 bridgehead atoms. The lowest BCUT2D eigenvalue weighted by atomic mass is 9.76. The van der Waals surface area contributed by atoms with Crippen molar-refractivity contribution < 1.29 is 18.8 Å². The minimum absolute atomic E-state index is 0.0517. The van der Waals surface area contributed by atoms with E-state index < -0.39 is 14.2 Å². The highest BCUT2D eigenvalue weighted by Crippen LogP contribution is 2.42. The van der Waals surface area contributed by atoms with Gasteiger partial charge >= 0.3 is 5.97 Å². The van der Waals surface area contributed by atoms with Crippen LogP contribution in [0.1, 0.15) is 40.2 Å². The van der Waals surface area contributed by atoms with Gasteiger partial charge in [0.25, 0.3) is 0 Å². The van der Waals surface area contributed by atoms with Gasteiger partial charge in [-0.1, -0.05) is 51.1 Å². The first kappa shape index (κ1) is 22.6. The van der Waals surface area contributed by atoms with E-state index in [-0.39, 0.29) is 35.0 Å². The zero-order valence-electron chi connectivity index (χ0n) is 18.5. The number of carbonyl (C=O) groups excluding carboxylic acids is 2. The number of ether oxygens (including phenoxy) is 1. The van der Waals surface area contributed by atoms with Crippen molar-refractivity contribution in [1.29, 1.82) is 0 Å². The lowest BCUT2D eigenvalue weighted by Crippen LogP contribution is -2.68. The minimum Gasteiger partial charge on any atom is -0.469 e. The number of hydrogen-bond donors (Lipinski definition) is 0. The van der Waals surface area contributed by atoms with Gasteiger partial charge in [0, 0.05) is 6.54 Å². The van der Waals surface area contributed by atoms with Crippen molar-refractivity contribution in [2.75, 3.05) is 7.11 Å². The summed E-state index contributed by atoms with van der Waals surface area (Å²) in [6, 6.07) is 9.64. The number of β-lactam (4-membered cyclic amide) rings is 1. The second kappa shape index (κ2) is 8.37. The van der Waals surface area contributed by atoms with Gasteiger partial charge in [-0.05, 0) is 37.5 Å². The summed E-state index contributed by atoms with van der Waals surface area (Å²) in [5.41, 5.74) is 1.05. The number of nitrogens with zero attached hydrogens (tertiary/aromatic N) is 1. The molecule has 1 aliphatic heterocycles. The maximum atomic E-state index is 13.1. The van der Waals surface area contributed by atoms with Gasteiger partial charge in [0.05, 0.1) is 31.1 Å². The van der Waals surface area contributed by atoms with Crippen molar-refractivity contribution in [2.24, 2.45) is 11.8 Å². The summed E-state index contributed by atoms with van der Waals surface area (Å²) >= 11 is 0. The van der Waals surface area contributed by atoms with E-state index in [1.54, 1.807) is 4.90 Å². The molecule has 6 heteroatoms. The fourth-order valence-electron chi connectivity index (χ4n) is 3.66. The molecule has 0 saturated carbocycles. The van der Waals surface area contributed by atoms with Gasteiger partial charge < -0.3 is 14.1 Å². The van der Waals surface area contributed by atoms with Gasteiger partial charge in [-0.3, -0.25) is 9.59 Å². The SMILES string of the molecule is COC(=O)C(C)C1C(C(C)O[Si](C)(C)C(C)(C)C)C(=O)N1Cc1ccccc1. The van der Waals surface area contributed by atoms with E-state index in [1.165, 1.54) is 7.11 Å². The highest BCUT2D eigenvalue weighted by molar-refractivity contribution is 6.74. The van der Waals surface area contributed by atoms with Crippen LogP contribution in [0.4, 0.5) is 0 Å². The van der Waals surface area contributed by atoms with Gasteiger partial charge in [-0.2, -0.15) is 0 Å². The third-order valence-electron chi connectivity index (χ3n) is 6.37. The predicted molar refractivity (Wildman–Crippen MR) is 113 cm³/mol. The van der Waals surface area contributed by atoms with E-state index in [4.69, 9.17) is 9.16 Å². The highest BCUT2D eigenvalue weighted by atomic mass is 28.4. The zero-order chi connectivity index (χ0) is 21.3. The summed E-state index contributed by atoms with van der Waals surface area (Å²) in [5.74, 6) is -0.968. The van der Waals surface area contributed by atoms with E-state index in [2.05, 4.69) is 33.9 Å². The molecule has 0 spiro atoms. The second-order valence-corrected chi connectivity index (χ2v) is 14.1. The number of methoxy groups -OCH3 is 1. The molecular weight excluding hydrogens is 370 g/mol. The Bertz CT molecular complexity index is 698. The van der Waals surface area contributed by atoms with Gasteiger partial charge in [-0.15, -0.1) is 0 Å². The number of carbonyl (C=O) groups is 2. The molecule has 156 valence electrons. The maximum absolute atomic E-state index is 13.1. The number of esters is 1. The van der Waals surface area contributed by atoms with E-state index in [1.807, 2.05) is 44.2 Å². The number of benzene rings is 1. The summed E-state index contributed by atoms with van der Waals surface area (Å²) in [6.07, 6.45) is -0.238. The van der Waals surface area contributed by atoms with Crippen LogP contribution in [0.2, 0.25) is 18.1 Å². The van der Waals surface area contributed by atoms with Crippen LogP contribution >= 0.6 is 0 Å². The Hall–Kier alpha value is -1.66. The van der Waals surface area contributed by atoms with Gasteiger partial charge in [0.1, 0.15) is 0 Å². The van der Waals surface area contributed by atoms with E-state index in [0.717, 1.165) is 5.56 Å². The third kappa shape index (κ3) is 4.49. The zero-order valence-corrected chi connectivity index (χ0v) is 19.5. The largest absolute Gasteiger partial charge is 0.469 e. The maximum Gasteiger partial charge on any atom is 0.310 e. The Morgan fingerprint density at radius 3 is 2.25 bits per heavy atom. The molecule has 1 aliphatic rings. The first-order chi connectivity index (χ1) is 12.9. The van der Waals surface area contributed by atoms with Crippen LogP contribution in [0.25, 0.3) is 0 Å². The predicted octanol–water partition coefficient (Wildman–Crippen LogP) is 4.23. The Morgan fingerprint density at radius 1 is 1.18 bits per heavy atom. The topological polar surface area (TPSA) is 55.8 Å². The van der Waals surface area contributed by atoms with Gasteiger partial charge in [0.15, 0.2) is 8.32 Å². The van der Waals surface area contributed by atoms with Crippen LogP contribution in [0.15, 0.2) is 30.3 Å². The fourth-order valence-corrected chi connectivity index (χ4v) is 5.09. The van der Waals surface area contributed by atoms with Crippen molar-refractivity contribution in [1.82, 2.24) is 4.90 Å². The average molecular weight is 406 g/mol. The quantitative estimate of drug-likeness (QED) is 0.387. The smallest absolute Gasteiger partial charge is 0.310 e. The summed E-state index contributed by atoms with van der Waals surface area (Å²) < 4.78 is 11.5. The molecular formula is C22H35NO4Si. The monoisotopic (exact) mass is 405 g/mol. The second-order valence-electron chi connectivity index (χ2n) is 9.36. The number of likely N-dealkylation sites (tertiary alicyclic amines) is 1. The minimum atomic E-state index is -2.03. The van der Waals surface area contributed by atoms with Crippen molar-refractivity contribution in [3.8, 4) is 0 Å². The van der Waals surface area contributed by atoms with Crippen molar-refractivity contribution in [3.63, 3.8) is 0 Å². The van der Waals surface area contributed by atoms with Crippen LogP contribution < -0.4 is 0 Å². The van der Waals surface area contributed by atoms with Crippen molar-refractivity contribution >= 4 is 20.2 Å². The Morgan fingerprint density at radius 2 is 1.75 bits per heavy atom. The molecule has 0 aromatic heterocycles. The van der Waals surface area contributed by atoms with Crippen LogP contribution in [0, 0.1) is 11.8 Å². The number of hydrogen-bond acceptors (Lipinski definition) is 4. The molecule has 4 unspecified atom stereocenters. The average Bonchev–Trinajstić information content (AvgIpc) is 2.61. The molecule has 0 N–H and O–H groups in total. The standard InChI is InChI=1S/C22H35NO4Si/c1-15(21(25)26-6)19-18(16(2)27-28(7,8)22(3,4)5)20(24)23(19)14-17-12-10-9-11-13-17/h9-13,15-16,18-19H,14H2,1-8H3. The van der Waals surface area contributed by atoms with E-state index >= 15 is 0 Å². The Balaban J connectivity index is 2.24. The Kier molecular flexibility index (Phi) is 6.76. The lowest BCUT2D eigenvalue weighted by Gasteiger charge is -2.53. The molecule has 2 rings (SSSR count). The first-order valence-corrected chi connectivity index (χ1v) is 12.9. The fraction of sp³-hybridized carbons (Fsp3) is 0.636. The van der Waals surface area contributed by atoms with Gasteiger partial charge in [-0.25, -0.2) is 0 Å². The van der Waals surface area contributed by atoms with Crippen LogP contribution in [-0.4, -0.2) is 44.3 Å². The molecule has 1 heterocycles. The lowest BCUT2D eigenvalue weighted by molar-refractivity contribution is -0.174. The highest BCUT2D eigenvalue weighted by Gasteiger charge is 2.55. The molecule has 1 saturated heterocycles. The van der Waals surface area contributed by atoms with E-state index in [9.17, 15) is 9.59 Å². The molecule has 1 aromatic rings. The third-order valence-corrected chi connectivity index (χ3v) is 10.9. The van der Waals surface area contributed by atoms with E-state index in [0.29, 0.717) is 6.54 Å². The summed E-state index contributed by atoms with van der Waals surface area (Å²) in [6.45, 7) is 15.2. The normalized spacial score (nSPS) is 22.4. The summed E-state index contributed by atoms with van der Waals surface area (Å²) in [7, 11) is -0.631. The molecule has 4 atom stereocenters. The Labute approximate surface area is 170 Å². The molecule has 0 radical (unpaired) electrons. The molecule has 1 fully saturated rings. The summed E-state index contributed by atoms with van der Waals surface area (Å²) in [4.78, 5) is 27.1. The molecule has 1 amide bonds. The molecule has 28 heavy (non-hydrogen) atoms. The molecule has 5 nitrogen and oxygen atoms in total. The number of rotatable bonds is 7. The number of amides is 1. The summed E-state index contributed by atoms with van der Waals surface area (Å²) in [5, 5.41) is 0.0568. The first-order valence-electron chi connectivity index (χ1n) is 10.0. The molecule has 0 aliphatic carbocycles. The van der Waals surface area contributed by atoms with Gasteiger partial charge in [0.2, 0.25) is 5.91 Å².